The summed E-state index contributed by atoms with van der Waals surface area (Å²) in [5, 5.41) is 105. The maximum Gasteiger partial charge on any atom is 0.187 e. The maximum atomic E-state index is 13.9. The third-order valence-corrected chi connectivity index (χ3v) is 18.2. The first-order valence-electron chi connectivity index (χ1n) is 23.7. The van der Waals surface area contributed by atoms with Gasteiger partial charge in [0.25, 0.3) is 0 Å². The second-order valence-electron chi connectivity index (χ2n) is 22.1. The van der Waals surface area contributed by atoms with Crippen molar-refractivity contribution in [2.75, 3.05) is 19.8 Å². The highest BCUT2D eigenvalue weighted by Crippen LogP contribution is 2.76. The van der Waals surface area contributed by atoms with Crippen LogP contribution in [0.1, 0.15) is 113 Å². The third kappa shape index (κ3) is 8.50. The number of aldehydes is 1. The van der Waals surface area contributed by atoms with Gasteiger partial charge in [-0.25, -0.2) is 0 Å². The van der Waals surface area contributed by atoms with Gasteiger partial charge in [0.2, 0.25) is 0 Å². The van der Waals surface area contributed by atoms with E-state index in [0.717, 1.165) is 44.1 Å². The van der Waals surface area contributed by atoms with Crippen LogP contribution in [0.15, 0.2) is 11.6 Å². The standard InChI is InChI=1S/C47H78O17/c1-23(2)9-8-15-46(7,64-42-39(58)36(55)34(53)28(62-42)21-60-40-37(56)32(51)26(50)20-59-40)25-12-16-44(5)24(25)10-11-30-45(44,6)17-13-29-43(3,4)31(14-18-47(29,30)22-49)63-41-38(57)35(54)33(52)27(19-48)61-41/h9,22,24-42,48,50-58H,8,10-21H2,1-7H3. The molecule has 4 aliphatic carbocycles. The Bertz CT molecular complexity index is 1640. The first kappa shape index (κ1) is 50.6. The fraction of sp³-hybridized carbons (Fsp3) is 0.936. The van der Waals surface area contributed by atoms with Crippen molar-refractivity contribution >= 4 is 6.29 Å². The van der Waals surface area contributed by atoms with E-state index in [1.165, 1.54) is 6.29 Å². The van der Waals surface area contributed by atoms with Crippen LogP contribution in [-0.4, -0.2) is 175 Å². The Hall–Kier alpha value is -1.23. The molecule has 23 atom stereocenters. The van der Waals surface area contributed by atoms with E-state index in [9.17, 15) is 55.9 Å². The van der Waals surface area contributed by atoms with Gasteiger partial charge in [-0.3, -0.25) is 0 Å². The molecule has 23 unspecified atom stereocenters. The van der Waals surface area contributed by atoms with Crippen LogP contribution in [0.25, 0.3) is 0 Å². The van der Waals surface area contributed by atoms with Gasteiger partial charge in [0.1, 0.15) is 73.4 Å². The van der Waals surface area contributed by atoms with Gasteiger partial charge < -0.3 is 84.3 Å². The molecule has 0 aromatic carbocycles. The lowest BCUT2D eigenvalue weighted by Crippen LogP contribution is -2.67. The zero-order valence-electron chi connectivity index (χ0n) is 38.6. The van der Waals surface area contributed by atoms with E-state index in [2.05, 4.69) is 40.7 Å². The van der Waals surface area contributed by atoms with Crippen molar-refractivity contribution in [3.05, 3.63) is 11.6 Å². The van der Waals surface area contributed by atoms with Gasteiger partial charge >= 0.3 is 0 Å². The van der Waals surface area contributed by atoms with Gasteiger partial charge in [0, 0.05) is 5.41 Å². The average molecular weight is 915 g/mol. The molecule has 4 saturated carbocycles. The first-order valence-corrected chi connectivity index (χ1v) is 23.7. The van der Waals surface area contributed by atoms with Crippen LogP contribution in [0.2, 0.25) is 0 Å². The van der Waals surface area contributed by atoms with Crippen LogP contribution in [0, 0.1) is 45.3 Å². The first-order chi connectivity index (χ1) is 30.0. The summed E-state index contributed by atoms with van der Waals surface area (Å²) >= 11 is 0. The van der Waals surface area contributed by atoms with Gasteiger partial charge in [-0.05, 0) is 125 Å². The normalized spacial score (nSPS) is 51.2. The molecule has 0 radical (unpaired) electrons. The maximum absolute atomic E-state index is 13.9. The summed E-state index contributed by atoms with van der Waals surface area (Å²) in [6.07, 6.45) is -9.76. The number of carbonyl (C=O) groups excluding carboxylic acids is 1. The Morgan fingerprint density at radius 3 is 1.98 bits per heavy atom. The number of rotatable bonds is 13. The monoisotopic (exact) mass is 915 g/mol. The average Bonchev–Trinajstić information content (AvgIpc) is 3.62. The number of aliphatic hydroxyl groups is 10. The Morgan fingerprint density at radius 2 is 1.33 bits per heavy atom. The zero-order chi connectivity index (χ0) is 46.9. The molecule has 17 heteroatoms. The molecule has 0 aromatic heterocycles. The van der Waals surface area contributed by atoms with Crippen LogP contribution in [0.5, 0.6) is 0 Å². The minimum absolute atomic E-state index is 0.00181. The fourth-order valence-electron chi connectivity index (χ4n) is 14.3. The van der Waals surface area contributed by atoms with Gasteiger partial charge in [0.05, 0.1) is 31.5 Å². The van der Waals surface area contributed by atoms with E-state index in [4.69, 9.17) is 28.4 Å². The summed E-state index contributed by atoms with van der Waals surface area (Å²) in [5.74, 6) is 0.186. The van der Waals surface area contributed by atoms with Crippen molar-refractivity contribution in [1.82, 2.24) is 0 Å². The van der Waals surface area contributed by atoms with Crippen molar-refractivity contribution in [1.29, 1.82) is 0 Å². The van der Waals surface area contributed by atoms with Crippen LogP contribution in [-0.2, 0) is 33.2 Å². The number of carbonyl (C=O) groups is 1. The van der Waals surface area contributed by atoms with Gasteiger partial charge in [-0.1, -0.05) is 39.3 Å². The molecule has 368 valence electrons. The van der Waals surface area contributed by atoms with Crippen molar-refractivity contribution in [3.8, 4) is 0 Å². The lowest BCUT2D eigenvalue weighted by molar-refractivity contribution is -0.344. The minimum Gasteiger partial charge on any atom is -0.394 e. The molecular formula is C47H78O17. The number of aliphatic hydroxyl groups excluding tert-OH is 10. The second-order valence-corrected chi connectivity index (χ2v) is 22.1. The topological polar surface area (TPSA) is 275 Å². The number of fused-ring (bicyclic) bond motifs is 5. The van der Waals surface area contributed by atoms with E-state index in [-0.39, 0.29) is 47.7 Å². The van der Waals surface area contributed by atoms with E-state index in [1.807, 2.05) is 13.8 Å². The van der Waals surface area contributed by atoms with Gasteiger partial charge in [-0.2, -0.15) is 0 Å². The molecule has 7 aliphatic rings. The fourth-order valence-corrected chi connectivity index (χ4v) is 14.3. The number of hydrogen-bond donors (Lipinski definition) is 10. The van der Waals surface area contributed by atoms with E-state index >= 15 is 0 Å². The molecule has 3 aliphatic heterocycles. The number of ether oxygens (including phenoxy) is 6. The highest BCUT2D eigenvalue weighted by Gasteiger charge is 2.71. The van der Waals surface area contributed by atoms with Gasteiger partial charge in [0.15, 0.2) is 18.9 Å². The van der Waals surface area contributed by atoms with E-state index in [1.54, 1.807) is 0 Å². The predicted molar refractivity (Wildman–Crippen MR) is 227 cm³/mol. The Balaban J connectivity index is 1.10. The van der Waals surface area contributed by atoms with Gasteiger partial charge in [-0.15, -0.1) is 0 Å². The van der Waals surface area contributed by atoms with Crippen LogP contribution >= 0.6 is 0 Å². The van der Waals surface area contributed by atoms with Crippen molar-refractivity contribution in [3.63, 3.8) is 0 Å². The lowest BCUT2D eigenvalue weighted by Gasteiger charge is -2.69. The highest BCUT2D eigenvalue weighted by molar-refractivity contribution is 5.62. The smallest absolute Gasteiger partial charge is 0.187 e. The van der Waals surface area contributed by atoms with E-state index in [0.29, 0.717) is 25.7 Å². The SMILES string of the molecule is CC(C)=CCCC(C)(OC1OC(COC2OCC(O)C(O)C2O)C(O)C(O)C1O)C1CCC2(C)C1CCC1C3(C=O)CCC(OC4OC(CO)C(O)C(O)C4O)C(C)(C)C3CCC12C. The minimum atomic E-state index is -1.65. The van der Waals surface area contributed by atoms with Crippen molar-refractivity contribution in [2.45, 2.75) is 210 Å². The summed E-state index contributed by atoms with van der Waals surface area (Å²) in [5.41, 5.74) is -1.35. The molecule has 3 saturated heterocycles. The Labute approximate surface area is 377 Å². The molecule has 10 N–H and O–H groups in total. The van der Waals surface area contributed by atoms with Crippen LogP contribution < -0.4 is 0 Å². The predicted octanol–water partition coefficient (Wildman–Crippen LogP) is 0.821. The molecule has 7 rings (SSSR count). The summed E-state index contributed by atoms with van der Waals surface area (Å²) in [6.45, 7) is 13.9. The Kier molecular flexibility index (Phi) is 15.0. The molecule has 3 heterocycles. The summed E-state index contributed by atoms with van der Waals surface area (Å²) < 4.78 is 36.5. The molecule has 0 spiro atoms. The quantitative estimate of drug-likeness (QED) is 0.0696. The largest absolute Gasteiger partial charge is 0.394 e. The molecule has 64 heavy (non-hydrogen) atoms. The Morgan fingerprint density at radius 1 is 0.703 bits per heavy atom. The molecule has 0 amide bonds. The number of hydrogen-bond acceptors (Lipinski definition) is 17. The van der Waals surface area contributed by atoms with Crippen LogP contribution in [0.3, 0.4) is 0 Å². The lowest BCUT2D eigenvalue weighted by atomic mass is 9.35. The summed E-state index contributed by atoms with van der Waals surface area (Å²) in [6, 6.07) is 0. The molecule has 0 bridgehead atoms. The zero-order valence-corrected chi connectivity index (χ0v) is 38.6. The van der Waals surface area contributed by atoms with Crippen LogP contribution in [0.4, 0.5) is 0 Å². The van der Waals surface area contributed by atoms with Crippen molar-refractivity contribution in [2.24, 2.45) is 45.3 Å². The number of allylic oxidation sites excluding steroid dienone is 2. The molecule has 0 aromatic rings. The van der Waals surface area contributed by atoms with Crippen molar-refractivity contribution < 1.29 is 84.3 Å². The van der Waals surface area contributed by atoms with E-state index < -0.39 is 115 Å². The summed E-state index contributed by atoms with van der Waals surface area (Å²) in [7, 11) is 0. The summed E-state index contributed by atoms with van der Waals surface area (Å²) in [4.78, 5) is 13.9. The second kappa shape index (κ2) is 18.9. The molecule has 7 fully saturated rings. The highest BCUT2D eigenvalue weighted by atomic mass is 16.7. The third-order valence-electron chi connectivity index (χ3n) is 18.2. The molecular weight excluding hydrogens is 836 g/mol. The molecule has 17 nitrogen and oxygen atoms in total.